The number of aryl methyl sites for hydroxylation is 1. The van der Waals surface area contributed by atoms with Crippen LogP contribution in [0.15, 0.2) is 29.1 Å². The second kappa shape index (κ2) is 4.44. The Hall–Kier alpha value is -2.63. The molecule has 0 fully saturated rings. The standard InChI is InChI=1S/C15H14N4O2/c1-21-10-7-5-9(6-8-10)13-17-15-16-12-4-2-3-11(12)14(20)19(15)18-13/h5-8H,2-4H2,1H3,(H,16,17,18). The monoisotopic (exact) mass is 282 g/mol. The predicted molar refractivity (Wildman–Crippen MR) is 77.6 cm³/mol. The number of H-pyrrole nitrogens is 1. The number of aromatic amines is 1. The summed E-state index contributed by atoms with van der Waals surface area (Å²) < 4.78 is 6.57. The minimum atomic E-state index is -0.0280. The number of methoxy groups -OCH3 is 1. The molecule has 1 N–H and O–H groups in total. The van der Waals surface area contributed by atoms with Gasteiger partial charge in [0.25, 0.3) is 11.3 Å². The summed E-state index contributed by atoms with van der Waals surface area (Å²) in [6.45, 7) is 0. The van der Waals surface area contributed by atoms with Gasteiger partial charge in [0.15, 0.2) is 5.82 Å². The lowest BCUT2D eigenvalue weighted by molar-refractivity contribution is 0.415. The maximum atomic E-state index is 12.4. The minimum Gasteiger partial charge on any atom is -0.497 e. The summed E-state index contributed by atoms with van der Waals surface area (Å²) in [5.41, 5.74) is 2.57. The first-order chi connectivity index (χ1) is 10.3. The van der Waals surface area contributed by atoms with Gasteiger partial charge in [-0.3, -0.25) is 9.89 Å². The van der Waals surface area contributed by atoms with Gasteiger partial charge in [-0.05, 0) is 43.5 Å². The first-order valence-electron chi connectivity index (χ1n) is 6.91. The van der Waals surface area contributed by atoms with Crippen molar-refractivity contribution in [2.45, 2.75) is 19.3 Å². The van der Waals surface area contributed by atoms with Crippen molar-refractivity contribution in [3.8, 4) is 17.1 Å². The molecule has 0 spiro atoms. The fourth-order valence-electron chi connectivity index (χ4n) is 2.76. The molecule has 106 valence electrons. The topological polar surface area (TPSA) is 72.3 Å². The summed E-state index contributed by atoms with van der Waals surface area (Å²) in [6.07, 6.45) is 2.67. The molecule has 4 rings (SSSR count). The van der Waals surface area contributed by atoms with Crippen LogP contribution in [-0.2, 0) is 12.8 Å². The quantitative estimate of drug-likeness (QED) is 0.774. The van der Waals surface area contributed by atoms with Crippen LogP contribution in [-0.4, -0.2) is 26.7 Å². The van der Waals surface area contributed by atoms with Crippen LogP contribution >= 0.6 is 0 Å². The lowest BCUT2D eigenvalue weighted by atomic mass is 10.2. The highest BCUT2D eigenvalue weighted by atomic mass is 16.5. The van der Waals surface area contributed by atoms with Gasteiger partial charge in [0.2, 0.25) is 0 Å². The fourth-order valence-corrected chi connectivity index (χ4v) is 2.76. The number of rotatable bonds is 2. The van der Waals surface area contributed by atoms with E-state index in [0.29, 0.717) is 11.6 Å². The van der Waals surface area contributed by atoms with Crippen LogP contribution in [0.25, 0.3) is 17.2 Å². The second-order valence-electron chi connectivity index (χ2n) is 5.13. The third-order valence-electron chi connectivity index (χ3n) is 3.88. The molecule has 0 radical (unpaired) electrons. The van der Waals surface area contributed by atoms with E-state index < -0.39 is 0 Å². The van der Waals surface area contributed by atoms with E-state index in [2.05, 4.69) is 15.1 Å². The van der Waals surface area contributed by atoms with Gasteiger partial charge in [-0.25, -0.2) is 4.98 Å². The number of fused-ring (bicyclic) bond motifs is 2. The molecule has 0 bridgehead atoms. The number of ether oxygens (including phenoxy) is 1. The summed E-state index contributed by atoms with van der Waals surface area (Å²) in [7, 11) is 1.63. The van der Waals surface area contributed by atoms with E-state index in [9.17, 15) is 4.79 Å². The van der Waals surface area contributed by atoms with Gasteiger partial charge in [0.1, 0.15) is 5.75 Å². The number of benzene rings is 1. The van der Waals surface area contributed by atoms with Gasteiger partial charge in [-0.2, -0.15) is 9.50 Å². The van der Waals surface area contributed by atoms with Crippen LogP contribution in [0.3, 0.4) is 0 Å². The summed E-state index contributed by atoms with van der Waals surface area (Å²) in [5, 5.41) is 3.04. The Bertz CT molecular complexity index is 877. The molecule has 0 saturated carbocycles. The average Bonchev–Trinajstić information content (AvgIpc) is 3.14. The molecule has 0 unspecified atom stereocenters. The van der Waals surface area contributed by atoms with E-state index in [4.69, 9.17) is 4.74 Å². The lowest BCUT2D eigenvalue weighted by Crippen LogP contribution is -2.20. The van der Waals surface area contributed by atoms with Crippen LogP contribution in [0.5, 0.6) is 5.75 Å². The number of nitrogens with one attached hydrogen (secondary N) is 1. The first-order valence-corrected chi connectivity index (χ1v) is 6.91. The van der Waals surface area contributed by atoms with Crippen LogP contribution in [0.2, 0.25) is 0 Å². The third-order valence-corrected chi connectivity index (χ3v) is 3.88. The highest BCUT2D eigenvalue weighted by Crippen LogP contribution is 2.21. The summed E-state index contributed by atoms with van der Waals surface area (Å²) in [4.78, 5) is 21.3. The Morgan fingerprint density at radius 2 is 2.00 bits per heavy atom. The molecule has 0 amide bonds. The number of hydrogen-bond acceptors (Lipinski definition) is 4. The van der Waals surface area contributed by atoms with Gasteiger partial charge in [0.05, 0.1) is 12.8 Å². The maximum absolute atomic E-state index is 12.4. The van der Waals surface area contributed by atoms with E-state index in [1.165, 1.54) is 4.52 Å². The van der Waals surface area contributed by atoms with Crippen molar-refractivity contribution in [3.63, 3.8) is 0 Å². The molecule has 1 aliphatic carbocycles. The molecule has 2 heterocycles. The van der Waals surface area contributed by atoms with Gasteiger partial charge in [-0.1, -0.05) is 0 Å². The number of nitrogens with zero attached hydrogens (tertiary/aromatic N) is 3. The zero-order chi connectivity index (χ0) is 14.4. The third kappa shape index (κ3) is 1.83. The lowest BCUT2D eigenvalue weighted by Gasteiger charge is -1.99. The Balaban J connectivity index is 1.87. The van der Waals surface area contributed by atoms with Crippen molar-refractivity contribution in [2.75, 3.05) is 7.11 Å². The number of hydrogen-bond donors (Lipinski definition) is 1. The number of aromatic nitrogens is 4. The minimum absolute atomic E-state index is 0.0280. The molecule has 3 aromatic rings. The highest BCUT2D eigenvalue weighted by molar-refractivity contribution is 5.58. The van der Waals surface area contributed by atoms with E-state index in [1.807, 2.05) is 24.3 Å². The zero-order valence-corrected chi connectivity index (χ0v) is 11.6. The van der Waals surface area contributed by atoms with Crippen molar-refractivity contribution < 1.29 is 4.74 Å². The SMILES string of the molecule is COc1ccc(-c2nc3nc4c(c(=O)n3[nH]2)CCC4)cc1. The van der Waals surface area contributed by atoms with Crippen LogP contribution in [0.4, 0.5) is 0 Å². The van der Waals surface area contributed by atoms with E-state index in [-0.39, 0.29) is 5.56 Å². The van der Waals surface area contributed by atoms with Gasteiger partial charge < -0.3 is 4.74 Å². The van der Waals surface area contributed by atoms with Crippen LogP contribution in [0, 0.1) is 0 Å². The predicted octanol–water partition coefficient (Wildman–Crippen LogP) is 1.58. The highest BCUT2D eigenvalue weighted by Gasteiger charge is 2.20. The molecule has 0 atom stereocenters. The summed E-state index contributed by atoms with van der Waals surface area (Å²) in [6, 6.07) is 7.52. The molecule has 0 aliphatic heterocycles. The molecule has 21 heavy (non-hydrogen) atoms. The first kappa shape index (κ1) is 12.1. The van der Waals surface area contributed by atoms with E-state index in [1.54, 1.807) is 7.11 Å². The van der Waals surface area contributed by atoms with E-state index in [0.717, 1.165) is 41.8 Å². The van der Waals surface area contributed by atoms with Crippen molar-refractivity contribution in [1.82, 2.24) is 19.6 Å². The smallest absolute Gasteiger partial charge is 0.277 e. The molecule has 6 nitrogen and oxygen atoms in total. The van der Waals surface area contributed by atoms with Crippen molar-refractivity contribution >= 4 is 5.78 Å². The fraction of sp³-hybridized carbons (Fsp3) is 0.267. The van der Waals surface area contributed by atoms with Crippen LogP contribution in [0.1, 0.15) is 17.7 Å². The molecule has 1 aliphatic rings. The Morgan fingerprint density at radius 3 is 2.76 bits per heavy atom. The van der Waals surface area contributed by atoms with Crippen LogP contribution < -0.4 is 10.3 Å². The molecule has 6 heteroatoms. The molecule has 1 aromatic carbocycles. The second-order valence-corrected chi connectivity index (χ2v) is 5.13. The van der Waals surface area contributed by atoms with Crippen molar-refractivity contribution in [2.24, 2.45) is 0 Å². The van der Waals surface area contributed by atoms with Crippen molar-refractivity contribution in [3.05, 3.63) is 45.9 Å². The van der Waals surface area contributed by atoms with E-state index >= 15 is 0 Å². The Kier molecular flexibility index (Phi) is 2.57. The van der Waals surface area contributed by atoms with Crippen molar-refractivity contribution in [1.29, 1.82) is 0 Å². The largest absolute Gasteiger partial charge is 0.497 e. The molecule has 2 aromatic heterocycles. The maximum Gasteiger partial charge on any atom is 0.277 e. The Labute approximate surface area is 120 Å². The summed E-state index contributed by atoms with van der Waals surface area (Å²) in [5.74, 6) is 1.85. The van der Waals surface area contributed by atoms with Gasteiger partial charge >= 0.3 is 0 Å². The van der Waals surface area contributed by atoms with Gasteiger partial charge in [-0.15, -0.1) is 0 Å². The molecular weight excluding hydrogens is 268 g/mol. The van der Waals surface area contributed by atoms with Gasteiger partial charge in [0, 0.05) is 11.1 Å². The molecular formula is C15H14N4O2. The normalized spacial score (nSPS) is 13.6. The zero-order valence-electron chi connectivity index (χ0n) is 11.6. The summed E-state index contributed by atoms with van der Waals surface area (Å²) >= 11 is 0. The Morgan fingerprint density at radius 1 is 1.19 bits per heavy atom. The average molecular weight is 282 g/mol. The molecule has 0 saturated heterocycles.